The van der Waals surface area contributed by atoms with Gasteiger partial charge in [-0.25, -0.2) is 0 Å². The van der Waals surface area contributed by atoms with Gasteiger partial charge in [-0.05, 0) is 17.2 Å². The van der Waals surface area contributed by atoms with Gasteiger partial charge in [0, 0.05) is 36.3 Å². The maximum Gasteiger partial charge on any atom is 0.270 e. The summed E-state index contributed by atoms with van der Waals surface area (Å²) < 4.78 is 0. The van der Waals surface area contributed by atoms with Gasteiger partial charge < -0.3 is 5.32 Å². The first kappa shape index (κ1) is 17.7. The van der Waals surface area contributed by atoms with Crippen molar-refractivity contribution in [3.63, 3.8) is 0 Å². The minimum atomic E-state index is -0.457. The summed E-state index contributed by atoms with van der Waals surface area (Å²) in [5.41, 5.74) is 1.90. The number of hydrogen-bond acceptors (Lipinski definition) is 4. The zero-order valence-electron chi connectivity index (χ0n) is 13.1. The van der Waals surface area contributed by atoms with Gasteiger partial charge in [0.1, 0.15) is 0 Å². The minimum Gasteiger partial charge on any atom is -0.352 e. The SMILES string of the molecule is O=C(/C=C/c1cccc([N+](=O)[O-])c1)NCCSCc1ccccc1. The van der Waals surface area contributed by atoms with Crippen LogP contribution in [-0.2, 0) is 10.5 Å². The molecule has 0 aliphatic rings. The number of nitrogens with one attached hydrogen (secondary N) is 1. The topological polar surface area (TPSA) is 72.2 Å². The molecular weight excluding hydrogens is 324 g/mol. The molecule has 24 heavy (non-hydrogen) atoms. The summed E-state index contributed by atoms with van der Waals surface area (Å²) in [4.78, 5) is 22.0. The van der Waals surface area contributed by atoms with Crippen LogP contribution < -0.4 is 5.32 Å². The smallest absolute Gasteiger partial charge is 0.270 e. The lowest BCUT2D eigenvalue weighted by molar-refractivity contribution is -0.384. The molecule has 2 aromatic carbocycles. The van der Waals surface area contributed by atoms with E-state index in [1.165, 1.54) is 23.8 Å². The molecule has 0 bridgehead atoms. The van der Waals surface area contributed by atoms with Crippen LogP contribution in [0.2, 0.25) is 0 Å². The maximum absolute atomic E-state index is 11.7. The van der Waals surface area contributed by atoms with Crippen molar-refractivity contribution in [1.29, 1.82) is 0 Å². The Bertz CT molecular complexity index is 717. The van der Waals surface area contributed by atoms with Crippen LogP contribution in [0.3, 0.4) is 0 Å². The molecule has 0 aromatic heterocycles. The average molecular weight is 342 g/mol. The summed E-state index contributed by atoms with van der Waals surface area (Å²) >= 11 is 1.75. The van der Waals surface area contributed by atoms with Gasteiger partial charge in [-0.3, -0.25) is 14.9 Å². The molecule has 124 valence electrons. The number of hydrogen-bond donors (Lipinski definition) is 1. The predicted molar refractivity (Wildman–Crippen MR) is 97.7 cm³/mol. The van der Waals surface area contributed by atoms with Crippen LogP contribution in [0.15, 0.2) is 60.7 Å². The van der Waals surface area contributed by atoms with Crippen molar-refractivity contribution >= 4 is 29.4 Å². The molecule has 2 aromatic rings. The second kappa shape index (κ2) is 9.52. The van der Waals surface area contributed by atoms with Gasteiger partial charge in [0.05, 0.1) is 4.92 Å². The lowest BCUT2D eigenvalue weighted by Crippen LogP contribution is -2.23. The summed E-state index contributed by atoms with van der Waals surface area (Å²) in [6, 6.07) is 16.3. The van der Waals surface area contributed by atoms with Crippen LogP contribution in [0, 0.1) is 10.1 Å². The van der Waals surface area contributed by atoms with Crippen LogP contribution in [0.5, 0.6) is 0 Å². The minimum absolute atomic E-state index is 0.00914. The van der Waals surface area contributed by atoms with E-state index in [1.54, 1.807) is 30.0 Å². The Hall–Kier alpha value is -2.60. The first-order valence-electron chi connectivity index (χ1n) is 7.47. The summed E-state index contributed by atoms with van der Waals surface area (Å²) in [5.74, 6) is 1.53. The molecule has 6 heteroatoms. The van der Waals surface area contributed by atoms with Gasteiger partial charge in [0.15, 0.2) is 0 Å². The largest absolute Gasteiger partial charge is 0.352 e. The monoisotopic (exact) mass is 342 g/mol. The number of thioether (sulfide) groups is 1. The van der Waals surface area contributed by atoms with E-state index in [1.807, 2.05) is 18.2 Å². The molecule has 0 saturated heterocycles. The molecule has 0 unspecified atom stereocenters. The first-order chi connectivity index (χ1) is 11.6. The van der Waals surface area contributed by atoms with E-state index in [0.717, 1.165) is 11.5 Å². The standard InChI is InChI=1S/C18H18N2O3S/c21-18(10-9-15-7-4-8-17(13-15)20(22)23)19-11-12-24-14-16-5-2-1-3-6-16/h1-10,13H,11-12,14H2,(H,19,21)/b10-9+. The highest BCUT2D eigenvalue weighted by Gasteiger charge is 2.04. The highest BCUT2D eigenvalue weighted by atomic mass is 32.2. The van der Waals surface area contributed by atoms with Gasteiger partial charge in [0.25, 0.3) is 5.69 Å². The maximum atomic E-state index is 11.7. The summed E-state index contributed by atoms with van der Waals surface area (Å²) in [5, 5.41) is 13.5. The third-order valence-electron chi connectivity index (χ3n) is 3.17. The predicted octanol–water partition coefficient (Wildman–Crippen LogP) is 3.66. The average Bonchev–Trinajstić information content (AvgIpc) is 2.61. The number of nitro benzene ring substituents is 1. The van der Waals surface area contributed by atoms with Crippen LogP contribution in [0.4, 0.5) is 5.69 Å². The molecule has 0 spiro atoms. The fourth-order valence-corrected chi connectivity index (χ4v) is 2.80. The number of amides is 1. The molecule has 2 rings (SSSR count). The van der Waals surface area contributed by atoms with Crippen LogP contribution in [0.1, 0.15) is 11.1 Å². The van der Waals surface area contributed by atoms with Gasteiger partial charge in [-0.1, -0.05) is 42.5 Å². The Balaban J connectivity index is 1.69. The molecule has 0 aliphatic carbocycles. The van der Waals surface area contributed by atoms with E-state index in [4.69, 9.17) is 0 Å². The second-order valence-electron chi connectivity index (χ2n) is 5.01. The number of benzene rings is 2. The van der Waals surface area contributed by atoms with Crippen LogP contribution in [-0.4, -0.2) is 23.1 Å². The Morgan fingerprint density at radius 3 is 2.71 bits per heavy atom. The fourth-order valence-electron chi connectivity index (χ4n) is 1.98. The normalized spacial score (nSPS) is 10.7. The lowest BCUT2D eigenvalue weighted by atomic mass is 10.2. The third kappa shape index (κ3) is 6.26. The Kier molecular flexibility index (Phi) is 7.04. The van der Waals surface area contributed by atoms with Crippen molar-refractivity contribution in [2.75, 3.05) is 12.3 Å². The van der Waals surface area contributed by atoms with E-state index in [0.29, 0.717) is 12.1 Å². The highest BCUT2D eigenvalue weighted by Crippen LogP contribution is 2.14. The van der Waals surface area contributed by atoms with E-state index in [2.05, 4.69) is 17.4 Å². The van der Waals surface area contributed by atoms with Gasteiger partial charge >= 0.3 is 0 Å². The molecule has 1 amide bonds. The molecule has 0 heterocycles. The van der Waals surface area contributed by atoms with Crippen molar-refractivity contribution in [2.45, 2.75) is 5.75 Å². The number of nitrogens with zero attached hydrogens (tertiary/aromatic N) is 1. The zero-order chi connectivity index (χ0) is 17.2. The van der Waals surface area contributed by atoms with Crippen molar-refractivity contribution < 1.29 is 9.72 Å². The van der Waals surface area contributed by atoms with Crippen LogP contribution >= 0.6 is 11.8 Å². The number of carbonyl (C=O) groups excluding carboxylic acids is 1. The molecule has 0 saturated carbocycles. The lowest BCUT2D eigenvalue weighted by Gasteiger charge is -2.03. The zero-order valence-corrected chi connectivity index (χ0v) is 13.9. The number of rotatable bonds is 8. The van der Waals surface area contributed by atoms with E-state index in [-0.39, 0.29) is 11.6 Å². The number of non-ortho nitro benzene ring substituents is 1. The second-order valence-corrected chi connectivity index (χ2v) is 6.12. The van der Waals surface area contributed by atoms with Gasteiger partial charge in [0.2, 0.25) is 5.91 Å². The molecule has 5 nitrogen and oxygen atoms in total. The van der Waals surface area contributed by atoms with E-state index in [9.17, 15) is 14.9 Å². The Morgan fingerprint density at radius 2 is 1.96 bits per heavy atom. The Morgan fingerprint density at radius 1 is 1.17 bits per heavy atom. The van der Waals surface area contributed by atoms with E-state index < -0.39 is 4.92 Å². The Labute approximate surface area is 144 Å². The fraction of sp³-hybridized carbons (Fsp3) is 0.167. The molecule has 0 fully saturated rings. The molecule has 0 aliphatic heterocycles. The molecular formula is C18H18N2O3S. The quantitative estimate of drug-likeness (QED) is 0.344. The third-order valence-corrected chi connectivity index (χ3v) is 4.20. The van der Waals surface area contributed by atoms with Crippen molar-refractivity contribution in [3.05, 3.63) is 81.9 Å². The number of nitro groups is 1. The molecule has 0 atom stereocenters. The summed E-state index contributed by atoms with van der Waals surface area (Å²) in [6.45, 7) is 0.579. The molecule has 1 N–H and O–H groups in total. The first-order valence-corrected chi connectivity index (χ1v) is 8.62. The van der Waals surface area contributed by atoms with Crippen LogP contribution in [0.25, 0.3) is 6.08 Å². The van der Waals surface area contributed by atoms with E-state index >= 15 is 0 Å². The van der Waals surface area contributed by atoms with Crippen molar-refractivity contribution in [2.24, 2.45) is 0 Å². The molecule has 0 radical (unpaired) electrons. The summed E-state index contributed by atoms with van der Waals surface area (Å²) in [7, 11) is 0. The van der Waals surface area contributed by atoms with Crippen molar-refractivity contribution in [3.8, 4) is 0 Å². The van der Waals surface area contributed by atoms with Gasteiger partial charge in [-0.2, -0.15) is 11.8 Å². The summed E-state index contributed by atoms with van der Waals surface area (Å²) in [6.07, 6.45) is 2.96. The highest BCUT2D eigenvalue weighted by molar-refractivity contribution is 7.98. The van der Waals surface area contributed by atoms with Crippen molar-refractivity contribution in [1.82, 2.24) is 5.32 Å². The van der Waals surface area contributed by atoms with Gasteiger partial charge in [-0.15, -0.1) is 0 Å². The number of carbonyl (C=O) groups is 1.